The number of aromatic carboxylic acids is 1. The number of carboxylic acid groups (broad SMARTS) is 1. The maximum Gasteiger partial charge on any atom is 0.342 e. The second-order valence-electron chi connectivity index (χ2n) is 22.2. The topological polar surface area (TPSA) is 71.4 Å². The predicted octanol–water partition coefficient (Wildman–Crippen LogP) is 23.3. The fraction of sp³-hybridized carbons (Fsp3) is 0.831. The maximum absolute atomic E-state index is 13.2. The van der Waals surface area contributed by atoms with Gasteiger partial charge in [0.1, 0.15) is 0 Å². The molecule has 2 aromatic rings. The van der Waals surface area contributed by atoms with Crippen molar-refractivity contribution in [1.82, 2.24) is 0 Å². The van der Waals surface area contributed by atoms with Gasteiger partial charge in [0.2, 0.25) is 0 Å². The lowest BCUT2D eigenvalue weighted by Gasteiger charge is -2.19. The van der Waals surface area contributed by atoms with Crippen molar-refractivity contribution in [1.29, 1.82) is 0 Å². The number of unbranched alkanes of at least 4 members (excludes halogenated alkanes) is 45. The summed E-state index contributed by atoms with van der Waals surface area (Å²) in [5.74, 6) is -1.12. The minimum Gasteiger partial charge on any atom is -0.478 e. The Morgan fingerprint density at radius 2 is 0.614 bits per heavy atom. The van der Waals surface area contributed by atoms with E-state index in [1.165, 1.54) is 287 Å². The van der Waals surface area contributed by atoms with Gasteiger partial charge in [-0.2, -0.15) is 0 Å². The number of hydrogen-bond acceptors (Lipinski definition) is 3. The van der Waals surface area contributed by atoms with Crippen LogP contribution in [0.25, 0.3) is 10.8 Å². The minimum atomic E-state index is -4.11. The molecular weight excluding hydrogens is 972 g/mol. The number of carboxylic acids is 1. The molecular formula is C65H115IO4. The summed E-state index contributed by atoms with van der Waals surface area (Å²) in [4.78, 5) is 12.7. The molecule has 5 heteroatoms. The van der Waals surface area contributed by atoms with Crippen LogP contribution >= 0.6 is 19.8 Å². The summed E-state index contributed by atoms with van der Waals surface area (Å²) < 4.78 is 26.5. The van der Waals surface area contributed by atoms with Crippen LogP contribution in [0.2, 0.25) is 0 Å². The molecule has 0 aliphatic heterocycles. The minimum absolute atomic E-state index is 0.00638. The Balaban J connectivity index is 1.99. The molecule has 406 valence electrons. The lowest BCUT2D eigenvalue weighted by molar-refractivity contribution is 0.0695. The van der Waals surface area contributed by atoms with E-state index in [4.69, 9.17) is 0 Å². The van der Waals surface area contributed by atoms with Crippen LogP contribution in [0.15, 0.2) is 18.2 Å². The zero-order chi connectivity index (χ0) is 50.4. The van der Waals surface area contributed by atoms with Gasteiger partial charge in [-0.1, -0.05) is 322 Å². The standard InChI is InChI=1S/C65H115IO4/c1-4-7-10-13-16-19-22-25-28-31-34-37-40-43-46-49-52-58-55-56-59-57-62(65(67)68)64(66(69)70)61(54-51-48-45-42-39-36-33-30-27-24-21-18-15-12-9-6-3)63(59)60(58)53-50-47-44-41-38-35-32-29-26-23-20-17-14-11-8-5-2/h55-57H,4-54H2,1-3H3,(H,67,68). The summed E-state index contributed by atoms with van der Waals surface area (Å²) in [7, 11) is 0. The van der Waals surface area contributed by atoms with Gasteiger partial charge in [0.25, 0.3) is 0 Å². The zero-order valence-corrected chi connectivity index (χ0v) is 49.0. The summed E-state index contributed by atoms with van der Waals surface area (Å²) in [6, 6.07) is 6.08. The monoisotopic (exact) mass is 1090 g/mol. The molecule has 0 saturated carbocycles. The fourth-order valence-corrected chi connectivity index (χ4v) is 13.3. The number of hydrogen-bond donors (Lipinski definition) is 1. The Morgan fingerprint density at radius 1 is 0.357 bits per heavy atom. The van der Waals surface area contributed by atoms with Gasteiger partial charge in [-0.15, -0.1) is 0 Å². The third kappa shape index (κ3) is 32.6. The maximum atomic E-state index is 13.2. The molecule has 2 rings (SSSR count). The molecule has 0 radical (unpaired) electrons. The van der Waals surface area contributed by atoms with Crippen molar-refractivity contribution < 1.29 is 16.0 Å². The van der Waals surface area contributed by atoms with Gasteiger partial charge in [-0.3, -0.25) is 0 Å². The van der Waals surface area contributed by atoms with Gasteiger partial charge in [0.15, 0.2) is 0 Å². The second kappa shape index (κ2) is 47.2. The highest BCUT2D eigenvalue weighted by molar-refractivity contribution is 14.2. The first-order valence-electron chi connectivity index (χ1n) is 31.3. The number of halogens is 1. The van der Waals surface area contributed by atoms with Crippen LogP contribution in [0.1, 0.15) is 356 Å². The molecule has 0 saturated heterocycles. The quantitative estimate of drug-likeness (QED) is 0.0529. The van der Waals surface area contributed by atoms with Crippen LogP contribution in [-0.4, -0.2) is 11.1 Å². The Kier molecular flexibility index (Phi) is 43.6. The lowest BCUT2D eigenvalue weighted by atomic mass is 9.87. The molecule has 0 unspecified atom stereocenters. The van der Waals surface area contributed by atoms with Crippen LogP contribution in [-0.2, 0) is 25.4 Å². The number of rotatable bonds is 53. The molecule has 4 nitrogen and oxygen atoms in total. The Morgan fingerprint density at radius 3 is 0.886 bits per heavy atom. The molecule has 0 spiro atoms. The summed E-state index contributed by atoms with van der Waals surface area (Å²) in [5.41, 5.74) is 3.52. The van der Waals surface area contributed by atoms with E-state index in [2.05, 4.69) is 32.9 Å². The van der Waals surface area contributed by atoms with Crippen molar-refractivity contribution in [2.24, 2.45) is 0 Å². The smallest absolute Gasteiger partial charge is 0.342 e. The number of carbonyl (C=O) groups is 1. The molecule has 0 amide bonds. The van der Waals surface area contributed by atoms with Gasteiger partial charge in [-0.25, -0.2) is 10.9 Å². The fourth-order valence-electron chi connectivity index (χ4n) is 11.3. The zero-order valence-electron chi connectivity index (χ0n) is 46.8. The van der Waals surface area contributed by atoms with Crippen molar-refractivity contribution in [3.05, 3.63) is 44.0 Å². The highest BCUT2D eigenvalue weighted by atomic mass is 127. The molecule has 0 aromatic heterocycles. The van der Waals surface area contributed by atoms with Gasteiger partial charge >= 0.3 is 25.8 Å². The van der Waals surface area contributed by atoms with E-state index in [0.717, 1.165) is 61.3 Å². The lowest BCUT2D eigenvalue weighted by Crippen LogP contribution is -2.08. The van der Waals surface area contributed by atoms with E-state index >= 15 is 0 Å². The average Bonchev–Trinajstić information content (AvgIpc) is 3.35. The molecule has 0 atom stereocenters. The summed E-state index contributed by atoms with van der Waals surface area (Å²) in [6.07, 6.45) is 66.7. The van der Waals surface area contributed by atoms with Crippen LogP contribution in [0.4, 0.5) is 0 Å². The molecule has 1 N–H and O–H groups in total. The third-order valence-corrected chi connectivity index (χ3v) is 17.9. The molecule has 0 fully saturated rings. The van der Waals surface area contributed by atoms with Crippen molar-refractivity contribution >= 4 is 36.5 Å². The molecule has 70 heavy (non-hydrogen) atoms. The van der Waals surface area contributed by atoms with Crippen molar-refractivity contribution in [2.75, 3.05) is 0 Å². The highest BCUT2D eigenvalue weighted by Gasteiger charge is 2.24. The molecule has 0 heterocycles. The van der Waals surface area contributed by atoms with Crippen LogP contribution in [0, 0.1) is 3.57 Å². The van der Waals surface area contributed by atoms with Crippen molar-refractivity contribution in [3.63, 3.8) is 0 Å². The first-order valence-corrected chi connectivity index (χ1v) is 34.2. The molecule has 0 aliphatic rings. The normalized spacial score (nSPS) is 11.8. The van der Waals surface area contributed by atoms with E-state index in [0.29, 0.717) is 6.42 Å². The molecule has 0 bridgehead atoms. The van der Waals surface area contributed by atoms with Crippen molar-refractivity contribution in [3.8, 4) is 0 Å². The van der Waals surface area contributed by atoms with E-state index in [1.807, 2.05) is 0 Å². The van der Waals surface area contributed by atoms with Crippen LogP contribution < -0.4 is 0 Å². The van der Waals surface area contributed by atoms with Crippen LogP contribution in [0.3, 0.4) is 0 Å². The van der Waals surface area contributed by atoms with Gasteiger partial charge in [0, 0.05) is 0 Å². The highest BCUT2D eigenvalue weighted by Crippen LogP contribution is 2.38. The molecule has 2 aromatic carbocycles. The second-order valence-corrected chi connectivity index (χ2v) is 24.5. The van der Waals surface area contributed by atoms with Crippen molar-refractivity contribution in [2.45, 2.75) is 348 Å². The third-order valence-electron chi connectivity index (χ3n) is 15.8. The largest absolute Gasteiger partial charge is 0.478 e. The van der Waals surface area contributed by atoms with Gasteiger partial charge in [0.05, 0.1) is 9.13 Å². The number of aryl methyl sites for hydroxylation is 3. The van der Waals surface area contributed by atoms with Gasteiger partial charge < -0.3 is 5.11 Å². The Bertz CT molecular complexity index is 1590. The summed E-state index contributed by atoms with van der Waals surface area (Å²) in [6.45, 7) is 6.87. The molecule has 0 aliphatic carbocycles. The van der Waals surface area contributed by atoms with E-state index in [1.54, 1.807) is 6.07 Å². The van der Waals surface area contributed by atoms with E-state index < -0.39 is 25.8 Å². The Labute approximate surface area is 442 Å². The van der Waals surface area contributed by atoms with Crippen LogP contribution in [0.5, 0.6) is 0 Å². The number of benzene rings is 2. The Hall–Kier alpha value is -1.50. The summed E-state index contributed by atoms with van der Waals surface area (Å²) >= 11 is -4.11. The first-order chi connectivity index (χ1) is 34.5. The van der Waals surface area contributed by atoms with E-state index in [-0.39, 0.29) is 9.13 Å². The average molecular weight is 1090 g/mol. The van der Waals surface area contributed by atoms with Gasteiger partial charge in [-0.05, 0) is 72.1 Å². The van der Waals surface area contributed by atoms with E-state index in [9.17, 15) is 16.0 Å². The SMILES string of the molecule is CCCCCCCCCCCCCCCCCCc1ccc2cc(C(=O)O)c(I(=O)=O)c(CCCCCCCCCCCCCCCCCC)c2c1CCCCCCCCCCCCCCCCCC. The predicted molar refractivity (Wildman–Crippen MR) is 315 cm³/mol. The summed E-state index contributed by atoms with van der Waals surface area (Å²) in [5, 5.41) is 12.4. The first kappa shape index (κ1) is 64.6. The number of fused-ring (bicyclic) bond motifs is 1.